The van der Waals surface area contributed by atoms with E-state index in [0.717, 1.165) is 29.2 Å². The lowest BCUT2D eigenvalue weighted by Gasteiger charge is -2.23. The van der Waals surface area contributed by atoms with Crippen LogP contribution in [0.25, 0.3) is 0 Å². The summed E-state index contributed by atoms with van der Waals surface area (Å²) in [5, 5.41) is 2.93. The number of nitrogens with one attached hydrogen (secondary N) is 1. The van der Waals surface area contributed by atoms with Crippen LogP contribution in [0.15, 0.2) is 54.6 Å². The Bertz CT molecular complexity index is 1050. The van der Waals surface area contributed by atoms with Crippen LogP contribution in [0.4, 0.5) is 23.0 Å². The predicted octanol–water partition coefficient (Wildman–Crippen LogP) is 4.19. The molecule has 4 rings (SSSR count). The number of anilines is 4. The third-order valence-electron chi connectivity index (χ3n) is 5.14. The van der Waals surface area contributed by atoms with Crippen molar-refractivity contribution < 1.29 is 4.79 Å². The van der Waals surface area contributed by atoms with Crippen LogP contribution in [0, 0.1) is 6.92 Å². The van der Waals surface area contributed by atoms with Crippen molar-refractivity contribution in [2.24, 2.45) is 0 Å². The van der Waals surface area contributed by atoms with Crippen LogP contribution in [0.1, 0.15) is 28.7 Å². The second kappa shape index (κ2) is 7.54. The summed E-state index contributed by atoms with van der Waals surface area (Å²) in [7, 11) is 3.96. The molecule has 0 saturated carbocycles. The first-order valence-electron chi connectivity index (χ1n) is 9.74. The molecule has 1 unspecified atom stereocenters. The number of hydrogen-bond acceptors (Lipinski definition) is 5. The molecule has 1 amide bonds. The van der Waals surface area contributed by atoms with E-state index in [0.29, 0.717) is 11.6 Å². The fourth-order valence-electron chi connectivity index (χ4n) is 3.69. The molecule has 0 fully saturated rings. The number of aromatic nitrogens is 2. The van der Waals surface area contributed by atoms with E-state index in [4.69, 9.17) is 0 Å². The minimum absolute atomic E-state index is 0.240. The van der Waals surface area contributed by atoms with E-state index >= 15 is 0 Å². The van der Waals surface area contributed by atoms with Crippen LogP contribution < -0.4 is 15.1 Å². The Morgan fingerprint density at radius 2 is 1.83 bits per heavy atom. The average molecular weight is 387 g/mol. The molecule has 6 heteroatoms. The van der Waals surface area contributed by atoms with E-state index in [-0.39, 0.29) is 11.9 Å². The van der Waals surface area contributed by atoms with Gasteiger partial charge in [-0.25, -0.2) is 9.97 Å². The molecule has 1 aliphatic rings. The molecule has 2 aromatic carbocycles. The van der Waals surface area contributed by atoms with Crippen molar-refractivity contribution in [1.82, 2.24) is 9.97 Å². The molecule has 0 aliphatic carbocycles. The van der Waals surface area contributed by atoms with Gasteiger partial charge in [0.05, 0.1) is 0 Å². The molecule has 2 heterocycles. The topological polar surface area (TPSA) is 61.4 Å². The summed E-state index contributed by atoms with van der Waals surface area (Å²) in [6.07, 6.45) is 0.938. The van der Waals surface area contributed by atoms with Crippen molar-refractivity contribution in [2.75, 3.05) is 29.2 Å². The van der Waals surface area contributed by atoms with E-state index in [1.807, 2.05) is 62.3 Å². The first kappa shape index (κ1) is 18.9. The number of rotatable bonds is 4. The summed E-state index contributed by atoms with van der Waals surface area (Å²) in [5.41, 5.74) is 5.32. The third-order valence-corrected chi connectivity index (χ3v) is 5.14. The second-order valence-corrected chi connectivity index (χ2v) is 7.64. The van der Waals surface area contributed by atoms with Gasteiger partial charge in [0.1, 0.15) is 5.69 Å². The zero-order valence-corrected chi connectivity index (χ0v) is 17.2. The molecule has 3 aromatic rings. The molecular weight excluding hydrogens is 362 g/mol. The number of fused-ring (bicyclic) bond motifs is 1. The Hall–Kier alpha value is -3.41. The summed E-state index contributed by atoms with van der Waals surface area (Å²) in [4.78, 5) is 26.2. The zero-order valence-electron chi connectivity index (χ0n) is 17.2. The number of hydrogen-bond donors (Lipinski definition) is 1. The number of aryl methyl sites for hydroxylation is 1. The summed E-state index contributed by atoms with van der Waals surface area (Å²) >= 11 is 0. The first-order chi connectivity index (χ1) is 13.9. The lowest BCUT2D eigenvalue weighted by atomic mass is 10.1. The number of para-hydroxylation sites is 1. The maximum Gasteiger partial charge on any atom is 0.274 e. The lowest BCUT2D eigenvalue weighted by Crippen LogP contribution is -2.27. The van der Waals surface area contributed by atoms with E-state index in [1.54, 1.807) is 6.07 Å². The van der Waals surface area contributed by atoms with Gasteiger partial charge in [0.25, 0.3) is 5.91 Å². The van der Waals surface area contributed by atoms with E-state index in [1.165, 1.54) is 5.56 Å². The molecule has 1 atom stereocenters. The van der Waals surface area contributed by atoms with Crippen LogP contribution in [0.5, 0.6) is 0 Å². The van der Waals surface area contributed by atoms with Crippen molar-refractivity contribution in [3.05, 3.63) is 71.5 Å². The van der Waals surface area contributed by atoms with E-state index < -0.39 is 0 Å². The lowest BCUT2D eigenvalue weighted by molar-refractivity contribution is 0.102. The molecule has 6 nitrogen and oxygen atoms in total. The van der Waals surface area contributed by atoms with Gasteiger partial charge < -0.3 is 15.1 Å². The Kier molecular flexibility index (Phi) is 4.92. The van der Waals surface area contributed by atoms with Gasteiger partial charge in [0.2, 0.25) is 5.95 Å². The zero-order chi connectivity index (χ0) is 20.5. The molecule has 29 heavy (non-hydrogen) atoms. The fraction of sp³-hybridized carbons (Fsp3) is 0.261. The molecule has 0 saturated heterocycles. The van der Waals surface area contributed by atoms with E-state index in [9.17, 15) is 4.79 Å². The molecular formula is C23H25N5O. The Balaban J connectivity index is 1.61. The summed E-state index contributed by atoms with van der Waals surface area (Å²) in [6.45, 7) is 4.04. The van der Waals surface area contributed by atoms with Gasteiger partial charge in [-0.05, 0) is 62.2 Å². The highest BCUT2D eigenvalue weighted by Gasteiger charge is 2.29. The molecule has 0 bridgehead atoms. The first-order valence-corrected chi connectivity index (χ1v) is 9.74. The van der Waals surface area contributed by atoms with Crippen molar-refractivity contribution in [2.45, 2.75) is 26.3 Å². The molecule has 1 aromatic heterocycles. The van der Waals surface area contributed by atoms with Gasteiger partial charge in [-0.1, -0.05) is 18.2 Å². The summed E-state index contributed by atoms with van der Waals surface area (Å²) in [5.74, 6) is 0.324. The van der Waals surface area contributed by atoms with Crippen LogP contribution in [-0.2, 0) is 6.42 Å². The number of carbonyl (C=O) groups excluding carboxylic acids is 1. The van der Waals surface area contributed by atoms with Gasteiger partial charge in [-0.3, -0.25) is 4.79 Å². The molecule has 148 valence electrons. The monoisotopic (exact) mass is 387 g/mol. The standard InChI is InChI=1S/C23H25N5O/c1-15-13-20(22(29)25-18-9-11-19(12-10-18)27(3)4)26-23(24-15)28-16(2)14-17-7-5-6-8-21(17)28/h5-13,16H,14H2,1-4H3,(H,25,29). The summed E-state index contributed by atoms with van der Waals surface area (Å²) < 4.78 is 0. The minimum Gasteiger partial charge on any atom is -0.378 e. The largest absolute Gasteiger partial charge is 0.378 e. The Labute approximate surface area is 171 Å². The van der Waals surface area contributed by atoms with Crippen LogP contribution >= 0.6 is 0 Å². The van der Waals surface area contributed by atoms with Crippen molar-refractivity contribution in [1.29, 1.82) is 0 Å². The van der Waals surface area contributed by atoms with Crippen LogP contribution in [0.2, 0.25) is 0 Å². The quantitative estimate of drug-likeness (QED) is 0.727. The highest BCUT2D eigenvalue weighted by molar-refractivity contribution is 6.03. The summed E-state index contributed by atoms with van der Waals surface area (Å²) in [6, 6.07) is 18.0. The predicted molar refractivity (Wildman–Crippen MR) is 117 cm³/mol. The van der Waals surface area contributed by atoms with Gasteiger partial charge in [0, 0.05) is 42.9 Å². The van der Waals surface area contributed by atoms with Gasteiger partial charge in [0.15, 0.2) is 0 Å². The van der Waals surface area contributed by atoms with Crippen molar-refractivity contribution >= 4 is 28.9 Å². The van der Waals surface area contributed by atoms with Gasteiger partial charge in [-0.2, -0.15) is 0 Å². The van der Waals surface area contributed by atoms with Crippen LogP contribution in [0.3, 0.4) is 0 Å². The highest BCUT2D eigenvalue weighted by Crippen LogP contribution is 2.36. The molecule has 0 spiro atoms. The Morgan fingerprint density at radius 3 is 2.55 bits per heavy atom. The van der Waals surface area contributed by atoms with Crippen molar-refractivity contribution in [3.63, 3.8) is 0 Å². The average Bonchev–Trinajstić information content (AvgIpc) is 3.03. The maximum absolute atomic E-state index is 12.8. The molecule has 1 aliphatic heterocycles. The van der Waals surface area contributed by atoms with E-state index in [2.05, 4.69) is 39.2 Å². The number of amides is 1. The number of benzene rings is 2. The van der Waals surface area contributed by atoms with Crippen molar-refractivity contribution in [3.8, 4) is 0 Å². The van der Waals surface area contributed by atoms with Gasteiger partial charge >= 0.3 is 0 Å². The minimum atomic E-state index is -0.241. The smallest absolute Gasteiger partial charge is 0.274 e. The normalized spacial score (nSPS) is 15.2. The van der Waals surface area contributed by atoms with Crippen LogP contribution in [-0.4, -0.2) is 36.0 Å². The maximum atomic E-state index is 12.8. The number of carbonyl (C=O) groups is 1. The highest BCUT2D eigenvalue weighted by atomic mass is 16.1. The van der Waals surface area contributed by atoms with Gasteiger partial charge in [-0.15, -0.1) is 0 Å². The molecule has 1 N–H and O–H groups in total. The third kappa shape index (κ3) is 3.78. The second-order valence-electron chi connectivity index (χ2n) is 7.64. The fourth-order valence-corrected chi connectivity index (χ4v) is 3.69. The Morgan fingerprint density at radius 1 is 1.10 bits per heavy atom. The number of nitrogens with zero attached hydrogens (tertiary/aromatic N) is 4. The SMILES string of the molecule is Cc1cc(C(=O)Nc2ccc(N(C)C)cc2)nc(N2c3ccccc3CC2C)n1. The molecule has 0 radical (unpaired) electrons.